The van der Waals surface area contributed by atoms with Gasteiger partial charge < -0.3 is 15.0 Å². The van der Waals surface area contributed by atoms with Crippen LogP contribution in [-0.4, -0.2) is 49.2 Å². The molecule has 4 nitrogen and oxygen atoms in total. The fourth-order valence-electron chi connectivity index (χ4n) is 3.91. The number of nitrogens with one attached hydrogen (secondary N) is 1. The first-order valence-corrected chi connectivity index (χ1v) is 7.76. The number of ether oxygens (including phenoxy) is 1. The van der Waals surface area contributed by atoms with Crippen molar-refractivity contribution in [2.75, 3.05) is 32.8 Å². The lowest BCUT2D eigenvalue weighted by Crippen LogP contribution is -2.57. The summed E-state index contributed by atoms with van der Waals surface area (Å²) in [6.45, 7) is 6.70. The molecule has 3 fully saturated rings. The van der Waals surface area contributed by atoms with E-state index >= 15 is 0 Å². The van der Waals surface area contributed by atoms with Gasteiger partial charge in [-0.2, -0.15) is 0 Å². The van der Waals surface area contributed by atoms with Crippen LogP contribution in [0.1, 0.15) is 45.4 Å². The van der Waals surface area contributed by atoms with Crippen LogP contribution in [0.15, 0.2) is 0 Å². The van der Waals surface area contributed by atoms with Gasteiger partial charge in [-0.3, -0.25) is 4.79 Å². The largest absolute Gasteiger partial charge is 0.381 e. The number of amides is 1. The summed E-state index contributed by atoms with van der Waals surface area (Å²) in [5, 5.41) is 3.45. The van der Waals surface area contributed by atoms with E-state index in [0.717, 1.165) is 58.5 Å². The molecule has 1 unspecified atom stereocenters. The van der Waals surface area contributed by atoms with Crippen molar-refractivity contribution in [1.29, 1.82) is 0 Å². The zero-order chi connectivity index (χ0) is 13.3. The van der Waals surface area contributed by atoms with E-state index in [1.165, 1.54) is 12.8 Å². The van der Waals surface area contributed by atoms with Crippen molar-refractivity contribution in [1.82, 2.24) is 10.2 Å². The highest BCUT2D eigenvalue weighted by Crippen LogP contribution is 2.40. The lowest BCUT2D eigenvalue weighted by atomic mass is 9.79. The van der Waals surface area contributed by atoms with Crippen LogP contribution in [0.3, 0.4) is 0 Å². The van der Waals surface area contributed by atoms with E-state index in [1.807, 2.05) is 0 Å². The number of nitrogens with zero attached hydrogens (tertiary/aromatic N) is 1. The van der Waals surface area contributed by atoms with Crippen molar-refractivity contribution in [3.8, 4) is 0 Å². The molecule has 1 amide bonds. The molecule has 3 aliphatic heterocycles. The van der Waals surface area contributed by atoms with Crippen molar-refractivity contribution >= 4 is 18.3 Å². The topological polar surface area (TPSA) is 41.6 Å². The molecular weight excluding hydrogens is 276 g/mol. The molecule has 0 bridgehead atoms. The molecule has 0 aromatic rings. The number of piperidine rings is 1. The van der Waals surface area contributed by atoms with Crippen molar-refractivity contribution in [2.24, 2.45) is 5.41 Å². The van der Waals surface area contributed by atoms with E-state index in [2.05, 4.69) is 17.1 Å². The van der Waals surface area contributed by atoms with Gasteiger partial charge in [-0.15, -0.1) is 12.4 Å². The lowest BCUT2D eigenvalue weighted by Gasteiger charge is -2.38. The zero-order valence-corrected chi connectivity index (χ0v) is 13.3. The second-order valence-corrected chi connectivity index (χ2v) is 6.81. The van der Waals surface area contributed by atoms with Crippen molar-refractivity contribution < 1.29 is 9.53 Å². The van der Waals surface area contributed by atoms with Crippen LogP contribution in [-0.2, 0) is 9.53 Å². The van der Waals surface area contributed by atoms with Crippen LogP contribution in [0.4, 0.5) is 0 Å². The molecule has 0 aromatic carbocycles. The molecular formula is C15H27ClN2O2. The molecule has 0 radical (unpaired) electrons. The average molecular weight is 303 g/mol. The first-order valence-electron chi connectivity index (χ1n) is 7.76. The third kappa shape index (κ3) is 2.97. The molecule has 3 saturated heterocycles. The third-order valence-electron chi connectivity index (χ3n) is 5.37. The Labute approximate surface area is 128 Å². The molecule has 0 saturated carbocycles. The number of hydrogen-bond acceptors (Lipinski definition) is 3. The van der Waals surface area contributed by atoms with Gasteiger partial charge in [0.2, 0.25) is 5.91 Å². The van der Waals surface area contributed by atoms with E-state index < -0.39 is 0 Å². The Kier molecular flexibility index (Phi) is 4.98. The Balaban J connectivity index is 0.00000147. The average Bonchev–Trinajstić information content (AvgIpc) is 2.83. The molecule has 1 atom stereocenters. The second-order valence-electron chi connectivity index (χ2n) is 6.81. The number of rotatable bonds is 1. The molecule has 5 heteroatoms. The van der Waals surface area contributed by atoms with Gasteiger partial charge >= 0.3 is 0 Å². The minimum Gasteiger partial charge on any atom is -0.381 e. The standard InChI is InChI=1S/C15H26N2O2.ClH/c1-14(4-2-3-8-16-14)13(18)17-9-5-15(12-17)6-10-19-11-7-15;/h16H,2-12H2,1H3;1H. The lowest BCUT2D eigenvalue weighted by molar-refractivity contribution is -0.138. The van der Waals surface area contributed by atoms with Crippen LogP contribution >= 0.6 is 12.4 Å². The van der Waals surface area contributed by atoms with Gasteiger partial charge in [0, 0.05) is 26.3 Å². The number of carbonyl (C=O) groups is 1. The van der Waals surface area contributed by atoms with Gasteiger partial charge in [-0.1, -0.05) is 0 Å². The van der Waals surface area contributed by atoms with Crippen molar-refractivity contribution in [3.05, 3.63) is 0 Å². The summed E-state index contributed by atoms with van der Waals surface area (Å²) in [4.78, 5) is 14.9. The SMILES string of the molecule is CC1(C(=O)N2CCC3(CCOCC3)C2)CCCCN1.Cl. The summed E-state index contributed by atoms with van der Waals surface area (Å²) in [6, 6.07) is 0. The van der Waals surface area contributed by atoms with Crippen LogP contribution in [0.25, 0.3) is 0 Å². The maximum absolute atomic E-state index is 12.8. The summed E-state index contributed by atoms with van der Waals surface area (Å²) in [6.07, 6.45) is 6.77. The maximum Gasteiger partial charge on any atom is 0.242 e. The predicted octanol–water partition coefficient (Wildman–Crippen LogP) is 1.97. The Morgan fingerprint density at radius 3 is 2.55 bits per heavy atom. The van der Waals surface area contributed by atoms with E-state index in [9.17, 15) is 4.79 Å². The fraction of sp³-hybridized carbons (Fsp3) is 0.933. The molecule has 3 heterocycles. The normalized spacial score (nSPS) is 33.0. The summed E-state index contributed by atoms with van der Waals surface area (Å²) < 4.78 is 5.47. The minimum absolute atomic E-state index is 0. The van der Waals surface area contributed by atoms with Crippen molar-refractivity contribution in [2.45, 2.75) is 51.0 Å². The molecule has 116 valence electrons. The van der Waals surface area contributed by atoms with E-state index in [-0.39, 0.29) is 17.9 Å². The van der Waals surface area contributed by atoms with Crippen LogP contribution in [0.2, 0.25) is 0 Å². The fourth-order valence-corrected chi connectivity index (χ4v) is 3.91. The monoisotopic (exact) mass is 302 g/mol. The first kappa shape index (κ1) is 16.1. The smallest absolute Gasteiger partial charge is 0.242 e. The molecule has 0 aliphatic carbocycles. The predicted molar refractivity (Wildman–Crippen MR) is 81.2 cm³/mol. The summed E-state index contributed by atoms with van der Waals surface area (Å²) >= 11 is 0. The summed E-state index contributed by atoms with van der Waals surface area (Å²) in [5.41, 5.74) is 0.0495. The molecule has 20 heavy (non-hydrogen) atoms. The van der Waals surface area contributed by atoms with Gasteiger partial charge in [0.15, 0.2) is 0 Å². The zero-order valence-electron chi connectivity index (χ0n) is 12.5. The molecule has 1 spiro atoms. The number of halogens is 1. The van der Waals surface area contributed by atoms with E-state index in [4.69, 9.17) is 4.74 Å². The van der Waals surface area contributed by atoms with E-state index in [0.29, 0.717) is 11.3 Å². The van der Waals surface area contributed by atoms with Crippen LogP contribution in [0.5, 0.6) is 0 Å². The quantitative estimate of drug-likeness (QED) is 0.805. The number of hydrogen-bond donors (Lipinski definition) is 1. The van der Waals surface area contributed by atoms with Crippen LogP contribution < -0.4 is 5.32 Å². The number of likely N-dealkylation sites (tertiary alicyclic amines) is 1. The van der Waals surface area contributed by atoms with Gasteiger partial charge in [0.25, 0.3) is 0 Å². The first-order chi connectivity index (χ1) is 9.14. The minimum atomic E-state index is -0.311. The highest BCUT2D eigenvalue weighted by Gasteiger charge is 2.45. The Morgan fingerprint density at radius 2 is 1.90 bits per heavy atom. The van der Waals surface area contributed by atoms with Gasteiger partial charge in [-0.05, 0) is 57.4 Å². The molecule has 1 N–H and O–H groups in total. The van der Waals surface area contributed by atoms with Crippen LogP contribution in [0, 0.1) is 5.41 Å². The maximum atomic E-state index is 12.8. The van der Waals surface area contributed by atoms with Gasteiger partial charge in [-0.25, -0.2) is 0 Å². The Hall–Kier alpha value is -0.320. The summed E-state index contributed by atoms with van der Waals surface area (Å²) in [7, 11) is 0. The Morgan fingerprint density at radius 1 is 1.15 bits per heavy atom. The van der Waals surface area contributed by atoms with E-state index in [1.54, 1.807) is 0 Å². The summed E-state index contributed by atoms with van der Waals surface area (Å²) in [5.74, 6) is 0.329. The highest BCUT2D eigenvalue weighted by atomic mass is 35.5. The Bertz CT molecular complexity index is 350. The van der Waals surface area contributed by atoms with Gasteiger partial charge in [0.05, 0.1) is 5.54 Å². The van der Waals surface area contributed by atoms with Gasteiger partial charge in [0.1, 0.15) is 0 Å². The molecule has 3 rings (SSSR count). The molecule has 0 aromatic heterocycles. The third-order valence-corrected chi connectivity index (χ3v) is 5.37. The second kappa shape index (κ2) is 6.20. The highest BCUT2D eigenvalue weighted by molar-refractivity contribution is 5.86. The number of carbonyl (C=O) groups excluding carboxylic acids is 1. The van der Waals surface area contributed by atoms with Crippen molar-refractivity contribution in [3.63, 3.8) is 0 Å². The molecule has 3 aliphatic rings.